The van der Waals surface area contributed by atoms with E-state index in [1.807, 2.05) is 47.4 Å². The maximum absolute atomic E-state index is 5.79. The lowest BCUT2D eigenvalue weighted by atomic mass is 10.3. The number of guanidine groups is 1. The zero-order valence-corrected chi connectivity index (χ0v) is 13.4. The monoisotopic (exact) mass is 383 g/mol. The fourth-order valence-corrected chi connectivity index (χ4v) is 1.82. The predicted octanol–water partition coefficient (Wildman–Crippen LogP) is 2.06. The van der Waals surface area contributed by atoms with Crippen molar-refractivity contribution in [1.29, 1.82) is 0 Å². The molecule has 1 aliphatic rings. The summed E-state index contributed by atoms with van der Waals surface area (Å²) in [6, 6.07) is 10.5. The molecule has 2 aromatic rings. The lowest BCUT2D eigenvalue weighted by Gasteiger charge is -2.01. The van der Waals surface area contributed by atoms with Crippen molar-refractivity contribution < 1.29 is 0 Å². The molecular formula is C14H18IN5. The van der Waals surface area contributed by atoms with Gasteiger partial charge in [0.15, 0.2) is 5.96 Å². The van der Waals surface area contributed by atoms with Gasteiger partial charge in [-0.1, -0.05) is 18.2 Å². The molecule has 1 saturated carbocycles. The van der Waals surface area contributed by atoms with E-state index in [0.29, 0.717) is 18.5 Å². The Morgan fingerprint density at radius 1 is 1.35 bits per heavy atom. The number of hydrogen-bond acceptors (Lipinski definition) is 2. The summed E-state index contributed by atoms with van der Waals surface area (Å²) >= 11 is 0. The van der Waals surface area contributed by atoms with Crippen molar-refractivity contribution in [2.24, 2.45) is 10.7 Å². The van der Waals surface area contributed by atoms with E-state index in [1.165, 1.54) is 12.8 Å². The summed E-state index contributed by atoms with van der Waals surface area (Å²) in [5, 5.41) is 7.49. The zero-order chi connectivity index (χ0) is 13.1. The molecular weight excluding hydrogens is 365 g/mol. The van der Waals surface area contributed by atoms with Gasteiger partial charge in [0.25, 0.3) is 0 Å². The molecule has 1 aliphatic carbocycles. The molecule has 0 unspecified atom stereocenters. The Morgan fingerprint density at radius 3 is 2.80 bits per heavy atom. The quantitative estimate of drug-likeness (QED) is 0.483. The highest BCUT2D eigenvalue weighted by atomic mass is 127. The third-order valence-electron chi connectivity index (χ3n) is 3.02. The van der Waals surface area contributed by atoms with Gasteiger partial charge >= 0.3 is 0 Å². The highest BCUT2D eigenvalue weighted by Crippen LogP contribution is 2.18. The number of halogens is 1. The molecule has 0 spiro atoms. The molecule has 0 radical (unpaired) electrons. The minimum atomic E-state index is 0. The number of para-hydroxylation sites is 1. The maximum atomic E-state index is 5.79. The molecule has 0 saturated heterocycles. The number of rotatable bonds is 4. The number of aliphatic imine (C=N–C) groups is 1. The molecule has 0 amide bonds. The average molecular weight is 383 g/mol. The Balaban J connectivity index is 0.00000147. The average Bonchev–Trinajstić information content (AvgIpc) is 3.12. The Bertz CT molecular complexity index is 574. The second-order valence-corrected chi connectivity index (χ2v) is 4.75. The van der Waals surface area contributed by atoms with E-state index in [1.54, 1.807) is 0 Å². The second kappa shape index (κ2) is 6.74. The molecule has 0 bridgehead atoms. The van der Waals surface area contributed by atoms with Crippen molar-refractivity contribution in [3.8, 4) is 5.69 Å². The Hall–Kier alpha value is -1.57. The van der Waals surface area contributed by atoms with E-state index in [2.05, 4.69) is 15.4 Å². The fourth-order valence-electron chi connectivity index (χ4n) is 1.82. The van der Waals surface area contributed by atoms with Gasteiger partial charge in [-0.2, -0.15) is 5.10 Å². The van der Waals surface area contributed by atoms with E-state index in [-0.39, 0.29) is 24.0 Å². The third kappa shape index (κ3) is 3.96. The van der Waals surface area contributed by atoms with Crippen molar-refractivity contribution in [3.63, 3.8) is 0 Å². The van der Waals surface area contributed by atoms with Gasteiger partial charge in [0.1, 0.15) is 0 Å². The topological polar surface area (TPSA) is 68.2 Å². The van der Waals surface area contributed by atoms with E-state index >= 15 is 0 Å². The molecule has 5 nitrogen and oxygen atoms in total. The van der Waals surface area contributed by atoms with Crippen LogP contribution in [0.2, 0.25) is 0 Å². The first-order valence-corrected chi connectivity index (χ1v) is 6.47. The van der Waals surface area contributed by atoms with Crippen LogP contribution in [0.15, 0.2) is 47.7 Å². The van der Waals surface area contributed by atoms with Gasteiger partial charge < -0.3 is 11.1 Å². The van der Waals surface area contributed by atoms with Crippen LogP contribution in [0.5, 0.6) is 0 Å². The van der Waals surface area contributed by atoms with Gasteiger partial charge in [0, 0.05) is 17.8 Å². The Morgan fingerprint density at radius 2 is 2.10 bits per heavy atom. The lowest BCUT2D eigenvalue weighted by Crippen LogP contribution is -2.33. The van der Waals surface area contributed by atoms with Crippen LogP contribution in [0.1, 0.15) is 18.4 Å². The molecule has 6 heteroatoms. The van der Waals surface area contributed by atoms with Crippen molar-refractivity contribution in [2.75, 3.05) is 0 Å². The van der Waals surface area contributed by atoms with E-state index < -0.39 is 0 Å². The predicted molar refractivity (Wildman–Crippen MR) is 90.5 cm³/mol. The SMILES string of the molecule is I.NC(=NCc1cnn(-c2ccccc2)c1)NC1CC1. The zero-order valence-electron chi connectivity index (χ0n) is 11.1. The summed E-state index contributed by atoms with van der Waals surface area (Å²) in [7, 11) is 0. The summed E-state index contributed by atoms with van der Waals surface area (Å²) in [4.78, 5) is 4.31. The first kappa shape index (κ1) is 14.8. The van der Waals surface area contributed by atoms with Gasteiger partial charge in [0.05, 0.1) is 18.4 Å². The van der Waals surface area contributed by atoms with E-state index in [4.69, 9.17) is 5.73 Å². The van der Waals surface area contributed by atoms with Crippen molar-refractivity contribution in [2.45, 2.75) is 25.4 Å². The second-order valence-electron chi connectivity index (χ2n) is 4.75. The fraction of sp³-hybridized carbons (Fsp3) is 0.286. The number of aromatic nitrogens is 2. The largest absolute Gasteiger partial charge is 0.370 e. The van der Waals surface area contributed by atoms with E-state index in [9.17, 15) is 0 Å². The third-order valence-corrected chi connectivity index (χ3v) is 3.02. The number of benzene rings is 1. The summed E-state index contributed by atoms with van der Waals surface area (Å²) in [6.07, 6.45) is 6.19. The molecule has 3 N–H and O–H groups in total. The molecule has 1 aromatic heterocycles. The summed E-state index contributed by atoms with van der Waals surface area (Å²) in [5.74, 6) is 0.523. The molecule has 1 heterocycles. The van der Waals surface area contributed by atoms with Gasteiger partial charge in [-0.25, -0.2) is 9.67 Å². The minimum Gasteiger partial charge on any atom is -0.370 e. The molecule has 0 atom stereocenters. The van der Waals surface area contributed by atoms with Crippen LogP contribution in [0, 0.1) is 0 Å². The Kier molecular flexibility index (Phi) is 4.99. The van der Waals surface area contributed by atoms with Crippen LogP contribution < -0.4 is 11.1 Å². The maximum Gasteiger partial charge on any atom is 0.189 e. The lowest BCUT2D eigenvalue weighted by molar-refractivity contribution is 0.874. The Labute approximate surface area is 135 Å². The minimum absolute atomic E-state index is 0. The summed E-state index contributed by atoms with van der Waals surface area (Å²) < 4.78 is 1.84. The van der Waals surface area contributed by atoms with Crippen molar-refractivity contribution in [3.05, 3.63) is 48.3 Å². The number of nitrogens with one attached hydrogen (secondary N) is 1. The molecule has 1 aromatic carbocycles. The molecule has 106 valence electrons. The van der Waals surface area contributed by atoms with Crippen LogP contribution in [-0.4, -0.2) is 21.8 Å². The number of hydrogen-bond donors (Lipinski definition) is 2. The van der Waals surface area contributed by atoms with Crippen molar-refractivity contribution >= 4 is 29.9 Å². The van der Waals surface area contributed by atoms with Gasteiger partial charge in [-0.05, 0) is 25.0 Å². The van der Waals surface area contributed by atoms with Gasteiger partial charge in [-0.15, -0.1) is 24.0 Å². The first-order chi connectivity index (χ1) is 9.31. The van der Waals surface area contributed by atoms with Crippen molar-refractivity contribution in [1.82, 2.24) is 15.1 Å². The van der Waals surface area contributed by atoms with Crippen LogP contribution >= 0.6 is 24.0 Å². The number of nitrogens with zero attached hydrogens (tertiary/aromatic N) is 3. The highest BCUT2D eigenvalue weighted by molar-refractivity contribution is 14.0. The number of nitrogens with two attached hydrogens (primary N) is 1. The molecule has 20 heavy (non-hydrogen) atoms. The molecule has 3 rings (SSSR count). The van der Waals surface area contributed by atoms with Crippen LogP contribution in [0.3, 0.4) is 0 Å². The molecule has 0 aliphatic heterocycles. The van der Waals surface area contributed by atoms with Gasteiger partial charge in [-0.3, -0.25) is 0 Å². The summed E-state index contributed by atoms with van der Waals surface area (Å²) in [6.45, 7) is 0.554. The summed E-state index contributed by atoms with van der Waals surface area (Å²) in [5.41, 5.74) is 7.88. The standard InChI is InChI=1S/C14H17N5.HI/c15-14(18-12-6-7-12)16-8-11-9-17-19(10-11)13-4-2-1-3-5-13;/h1-5,9-10,12H,6-8H2,(H3,15,16,18);1H. The first-order valence-electron chi connectivity index (χ1n) is 6.47. The van der Waals surface area contributed by atoms with Crippen LogP contribution in [-0.2, 0) is 6.54 Å². The van der Waals surface area contributed by atoms with Crippen LogP contribution in [0.25, 0.3) is 5.69 Å². The normalized spacial score (nSPS) is 14.7. The molecule has 1 fully saturated rings. The van der Waals surface area contributed by atoms with Gasteiger partial charge in [0.2, 0.25) is 0 Å². The van der Waals surface area contributed by atoms with Crippen LogP contribution in [0.4, 0.5) is 0 Å². The smallest absolute Gasteiger partial charge is 0.189 e. The van der Waals surface area contributed by atoms with E-state index in [0.717, 1.165) is 11.3 Å². The highest BCUT2D eigenvalue weighted by Gasteiger charge is 2.21.